The van der Waals surface area contributed by atoms with Crippen molar-refractivity contribution in [2.45, 2.75) is 26.7 Å². The van der Waals surface area contributed by atoms with Crippen molar-refractivity contribution in [2.75, 3.05) is 13.1 Å². The van der Waals surface area contributed by atoms with Crippen LogP contribution in [-0.4, -0.2) is 43.6 Å². The fraction of sp³-hybridized carbons (Fsp3) is 0.364. The summed E-state index contributed by atoms with van der Waals surface area (Å²) in [5.41, 5.74) is 3.39. The number of carbonyl (C=O) groups excluding carboxylic acids is 1. The van der Waals surface area contributed by atoms with E-state index in [4.69, 9.17) is 0 Å². The van der Waals surface area contributed by atoms with Gasteiger partial charge in [-0.05, 0) is 17.9 Å². The zero-order valence-electron chi connectivity index (χ0n) is 16.8. The highest BCUT2D eigenvalue weighted by atomic mass is 16.2. The van der Waals surface area contributed by atoms with E-state index in [1.54, 1.807) is 6.20 Å². The molecule has 1 aliphatic heterocycles. The second kappa shape index (κ2) is 6.86. The van der Waals surface area contributed by atoms with Gasteiger partial charge in [-0.3, -0.25) is 9.48 Å². The summed E-state index contributed by atoms with van der Waals surface area (Å²) in [5.74, 6) is 0.899. The lowest BCUT2D eigenvalue weighted by Crippen LogP contribution is -2.31. The van der Waals surface area contributed by atoms with Crippen molar-refractivity contribution in [3.05, 3.63) is 65.7 Å². The third kappa shape index (κ3) is 3.30. The van der Waals surface area contributed by atoms with Gasteiger partial charge in [0, 0.05) is 44.0 Å². The van der Waals surface area contributed by atoms with Crippen LogP contribution in [0.3, 0.4) is 0 Å². The Morgan fingerprint density at radius 2 is 1.93 bits per heavy atom. The van der Waals surface area contributed by atoms with Gasteiger partial charge in [0.05, 0.1) is 17.5 Å². The molecule has 1 fully saturated rings. The van der Waals surface area contributed by atoms with Crippen molar-refractivity contribution < 1.29 is 4.79 Å². The number of likely N-dealkylation sites (tertiary alicyclic amines) is 1. The lowest BCUT2D eigenvalue weighted by molar-refractivity contribution is 0.0776. The number of benzene rings is 1. The number of aromatic nitrogens is 4. The van der Waals surface area contributed by atoms with Gasteiger partial charge in [-0.2, -0.15) is 5.10 Å². The molecule has 28 heavy (non-hydrogen) atoms. The van der Waals surface area contributed by atoms with E-state index >= 15 is 0 Å². The molecule has 1 atom stereocenters. The summed E-state index contributed by atoms with van der Waals surface area (Å²) in [6, 6.07) is 9.81. The Hall–Kier alpha value is -3.02. The van der Waals surface area contributed by atoms with Gasteiger partial charge >= 0.3 is 0 Å². The highest BCUT2D eigenvalue weighted by molar-refractivity contribution is 5.95. The number of rotatable bonds is 3. The number of hydrogen-bond donors (Lipinski definition) is 0. The Morgan fingerprint density at radius 3 is 2.57 bits per heavy atom. The Labute approximate surface area is 165 Å². The fourth-order valence-corrected chi connectivity index (χ4v) is 4.04. The molecule has 4 rings (SSSR count). The van der Waals surface area contributed by atoms with Gasteiger partial charge in [-0.25, -0.2) is 9.97 Å². The van der Waals surface area contributed by atoms with E-state index in [1.165, 1.54) is 5.56 Å². The van der Waals surface area contributed by atoms with E-state index in [0.717, 1.165) is 5.56 Å². The first-order valence-electron chi connectivity index (χ1n) is 9.52. The molecule has 6 nitrogen and oxygen atoms in total. The quantitative estimate of drug-likeness (QED) is 0.703. The van der Waals surface area contributed by atoms with Crippen LogP contribution in [0.1, 0.15) is 41.4 Å². The first kappa shape index (κ1) is 18.3. The molecule has 0 saturated carbocycles. The largest absolute Gasteiger partial charge is 0.337 e. The Morgan fingerprint density at radius 1 is 1.18 bits per heavy atom. The maximum absolute atomic E-state index is 13.2. The Kier molecular flexibility index (Phi) is 4.49. The summed E-state index contributed by atoms with van der Waals surface area (Å²) >= 11 is 0. The molecule has 6 heteroatoms. The summed E-state index contributed by atoms with van der Waals surface area (Å²) < 4.78 is 1.82. The van der Waals surface area contributed by atoms with Gasteiger partial charge < -0.3 is 4.90 Å². The molecule has 1 aromatic carbocycles. The van der Waals surface area contributed by atoms with Crippen LogP contribution in [0.2, 0.25) is 0 Å². The molecule has 0 bridgehead atoms. The van der Waals surface area contributed by atoms with E-state index in [9.17, 15) is 4.79 Å². The van der Waals surface area contributed by atoms with Gasteiger partial charge in [-0.15, -0.1) is 0 Å². The fourth-order valence-electron chi connectivity index (χ4n) is 4.04. The van der Waals surface area contributed by atoms with Crippen molar-refractivity contribution in [1.29, 1.82) is 0 Å². The summed E-state index contributed by atoms with van der Waals surface area (Å²) in [5, 5.41) is 4.30. The molecule has 0 N–H and O–H groups in total. The van der Waals surface area contributed by atoms with Crippen LogP contribution in [0.5, 0.6) is 0 Å². The summed E-state index contributed by atoms with van der Waals surface area (Å²) in [7, 11) is 1.92. The number of carbonyl (C=O) groups is 1. The van der Waals surface area contributed by atoms with E-state index < -0.39 is 0 Å². The first-order valence-corrected chi connectivity index (χ1v) is 9.52. The average molecular weight is 375 g/mol. The monoisotopic (exact) mass is 375 g/mol. The SMILES string of the molecule is Cc1nc(-c2ccccc2)ncc1C(=O)N1CC(c2cnn(C)c2)C(C)(C)C1. The number of hydrogen-bond acceptors (Lipinski definition) is 4. The molecular weight excluding hydrogens is 350 g/mol. The molecule has 3 heterocycles. The second-order valence-electron chi connectivity index (χ2n) is 8.23. The molecule has 1 unspecified atom stereocenters. The number of aryl methyl sites for hydroxylation is 2. The molecule has 1 aliphatic rings. The number of amides is 1. The Bertz CT molecular complexity index is 1010. The summed E-state index contributed by atoms with van der Waals surface area (Å²) in [6.07, 6.45) is 5.62. The minimum absolute atomic E-state index is 0.00317. The van der Waals surface area contributed by atoms with Crippen LogP contribution in [0.15, 0.2) is 48.9 Å². The van der Waals surface area contributed by atoms with Crippen molar-refractivity contribution >= 4 is 5.91 Å². The normalized spacial score (nSPS) is 18.4. The lowest BCUT2D eigenvalue weighted by atomic mass is 9.79. The molecule has 144 valence electrons. The smallest absolute Gasteiger partial charge is 0.257 e. The van der Waals surface area contributed by atoms with Crippen molar-refractivity contribution in [3.63, 3.8) is 0 Å². The summed E-state index contributed by atoms with van der Waals surface area (Å²) in [4.78, 5) is 24.2. The zero-order chi connectivity index (χ0) is 19.9. The van der Waals surface area contributed by atoms with Crippen LogP contribution in [0.25, 0.3) is 11.4 Å². The zero-order valence-corrected chi connectivity index (χ0v) is 16.8. The maximum atomic E-state index is 13.2. The lowest BCUT2D eigenvalue weighted by Gasteiger charge is -2.24. The third-order valence-electron chi connectivity index (χ3n) is 5.60. The van der Waals surface area contributed by atoms with Crippen molar-refractivity contribution in [1.82, 2.24) is 24.6 Å². The third-order valence-corrected chi connectivity index (χ3v) is 5.60. The molecular formula is C22H25N5O. The first-order chi connectivity index (χ1) is 13.3. The predicted octanol–water partition coefficient (Wildman–Crippen LogP) is 3.45. The standard InChI is InChI=1S/C22H25N5O/c1-15-18(11-23-20(25-15)16-8-6-5-7-9-16)21(28)27-13-19(22(2,3)14-27)17-10-24-26(4)12-17/h5-12,19H,13-14H2,1-4H3. The van der Waals surface area contributed by atoms with E-state index in [0.29, 0.717) is 30.2 Å². The predicted molar refractivity (Wildman–Crippen MR) is 108 cm³/mol. The topological polar surface area (TPSA) is 63.9 Å². The molecule has 3 aromatic rings. The van der Waals surface area contributed by atoms with E-state index in [-0.39, 0.29) is 17.2 Å². The molecule has 0 aliphatic carbocycles. The molecule has 0 radical (unpaired) electrons. The van der Waals surface area contributed by atoms with Crippen LogP contribution < -0.4 is 0 Å². The highest BCUT2D eigenvalue weighted by Gasteiger charge is 2.43. The van der Waals surface area contributed by atoms with Crippen LogP contribution in [0.4, 0.5) is 0 Å². The van der Waals surface area contributed by atoms with E-state index in [2.05, 4.69) is 28.9 Å². The van der Waals surface area contributed by atoms with Gasteiger partial charge in [0.2, 0.25) is 0 Å². The van der Waals surface area contributed by atoms with Crippen LogP contribution in [0, 0.1) is 12.3 Å². The molecule has 0 spiro atoms. The Balaban J connectivity index is 1.58. The van der Waals surface area contributed by atoms with E-state index in [1.807, 2.05) is 66.3 Å². The van der Waals surface area contributed by atoms with Gasteiger partial charge in [0.15, 0.2) is 5.82 Å². The molecule has 1 saturated heterocycles. The van der Waals surface area contributed by atoms with Crippen molar-refractivity contribution in [2.24, 2.45) is 12.5 Å². The molecule has 2 aromatic heterocycles. The van der Waals surface area contributed by atoms with Crippen molar-refractivity contribution in [3.8, 4) is 11.4 Å². The van der Waals surface area contributed by atoms with Crippen LogP contribution >= 0.6 is 0 Å². The minimum Gasteiger partial charge on any atom is -0.337 e. The van der Waals surface area contributed by atoms with Gasteiger partial charge in [0.25, 0.3) is 5.91 Å². The van der Waals surface area contributed by atoms with Crippen LogP contribution in [-0.2, 0) is 7.05 Å². The summed E-state index contributed by atoms with van der Waals surface area (Å²) in [6.45, 7) is 7.67. The highest BCUT2D eigenvalue weighted by Crippen LogP contribution is 2.42. The maximum Gasteiger partial charge on any atom is 0.257 e. The minimum atomic E-state index is -0.0164. The van der Waals surface area contributed by atoms with Gasteiger partial charge in [-0.1, -0.05) is 44.2 Å². The average Bonchev–Trinajstić information content (AvgIpc) is 3.24. The second-order valence-corrected chi connectivity index (χ2v) is 8.23. The molecule has 1 amide bonds. The number of nitrogens with zero attached hydrogens (tertiary/aromatic N) is 5. The van der Waals surface area contributed by atoms with Gasteiger partial charge in [0.1, 0.15) is 0 Å².